The number of carbonyl (C=O) groups is 2. The molecule has 7 heteroatoms. The molecule has 0 N–H and O–H groups in total. The zero-order valence-corrected chi connectivity index (χ0v) is 19.0. The van der Waals surface area contributed by atoms with Crippen molar-refractivity contribution in [2.24, 2.45) is 0 Å². The third-order valence-corrected chi connectivity index (χ3v) is 5.14. The van der Waals surface area contributed by atoms with Gasteiger partial charge in [0.25, 0.3) is 0 Å². The van der Waals surface area contributed by atoms with Crippen LogP contribution in [-0.2, 0) is 16.1 Å². The standard InChI is InChI=1S/C26H26O7/c1-29-18-11-13-21(22(14-18)31-3)25(27)24(26(28)32-4)20-12-10-19(30-2)15-23(20)33-16-17-8-6-5-7-9-17/h5-15,24H,16H2,1-4H3. The highest BCUT2D eigenvalue weighted by atomic mass is 16.5. The SMILES string of the molecule is COC(=O)C(C(=O)c1ccc(OC)cc1OC)c1ccc(OC)cc1OCc1ccccc1. The third kappa shape index (κ3) is 5.44. The van der Waals surface area contributed by atoms with Crippen LogP contribution in [0.2, 0.25) is 0 Å². The van der Waals surface area contributed by atoms with Crippen molar-refractivity contribution in [2.45, 2.75) is 12.5 Å². The first-order valence-corrected chi connectivity index (χ1v) is 10.2. The number of benzene rings is 3. The molecule has 0 bridgehead atoms. The highest BCUT2D eigenvalue weighted by molar-refractivity contribution is 6.14. The number of esters is 1. The van der Waals surface area contributed by atoms with E-state index in [1.54, 1.807) is 36.4 Å². The molecule has 7 nitrogen and oxygen atoms in total. The second-order valence-corrected chi connectivity index (χ2v) is 7.06. The van der Waals surface area contributed by atoms with Crippen molar-refractivity contribution in [3.8, 4) is 23.0 Å². The van der Waals surface area contributed by atoms with Crippen LogP contribution in [0, 0.1) is 0 Å². The van der Waals surface area contributed by atoms with Crippen molar-refractivity contribution in [3.63, 3.8) is 0 Å². The molecular weight excluding hydrogens is 424 g/mol. The van der Waals surface area contributed by atoms with Crippen molar-refractivity contribution in [3.05, 3.63) is 83.4 Å². The maximum absolute atomic E-state index is 13.6. The summed E-state index contributed by atoms with van der Waals surface area (Å²) in [6, 6.07) is 19.3. The molecule has 0 saturated carbocycles. The quantitative estimate of drug-likeness (QED) is 0.257. The van der Waals surface area contributed by atoms with Crippen LogP contribution in [0.25, 0.3) is 0 Å². The van der Waals surface area contributed by atoms with E-state index >= 15 is 0 Å². The molecule has 0 aromatic heterocycles. The lowest BCUT2D eigenvalue weighted by atomic mass is 9.89. The number of methoxy groups -OCH3 is 4. The van der Waals surface area contributed by atoms with E-state index < -0.39 is 17.7 Å². The van der Waals surface area contributed by atoms with Crippen molar-refractivity contribution in [1.82, 2.24) is 0 Å². The average molecular weight is 450 g/mol. The van der Waals surface area contributed by atoms with Gasteiger partial charge in [0.2, 0.25) is 0 Å². The van der Waals surface area contributed by atoms with Crippen molar-refractivity contribution < 1.29 is 33.3 Å². The average Bonchev–Trinajstić information content (AvgIpc) is 2.87. The zero-order valence-electron chi connectivity index (χ0n) is 19.0. The van der Waals surface area contributed by atoms with E-state index in [4.69, 9.17) is 23.7 Å². The fourth-order valence-electron chi connectivity index (χ4n) is 3.39. The summed E-state index contributed by atoms with van der Waals surface area (Å²) >= 11 is 0. The highest BCUT2D eigenvalue weighted by Crippen LogP contribution is 2.36. The van der Waals surface area contributed by atoms with Crippen LogP contribution in [0.5, 0.6) is 23.0 Å². The number of rotatable bonds is 10. The van der Waals surface area contributed by atoms with Crippen molar-refractivity contribution in [1.29, 1.82) is 0 Å². The second kappa shape index (κ2) is 11.0. The van der Waals surface area contributed by atoms with Crippen LogP contribution in [0.3, 0.4) is 0 Å². The summed E-state index contributed by atoms with van der Waals surface area (Å²) in [6.07, 6.45) is 0. The molecule has 0 saturated heterocycles. The van der Waals surface area contributed by atoms with Crippen LogP contribution >= 0.6 is 0 Å². The minimum Gasteiger partial charge on any atom is -0.497 e. The molecule has 3 aromatic rings. The summed E-state index contributed by atoms with van der Waals surface area (Å²) in [4.78, 5) is 26.4. The molecule has 0 heterocycles. The van der Waals surface area contributed by atoms with E-state index in [-0.39, 0.29) is 17.9 Å². The molecular formula is C26H26O7. The van der Waals surface area contributed by atoms with Gasteiger partial charge in [0.1, 0.15) is 35.5 Å². The van der Waals surface area contributed by atoms with Crippen molar-refractivity contribution in [2.75, 3.05) is 28.4 Å². The van der Waals surface area contributed by atoms with Gasteiger partial charge in [0.05, 0.1) is 34.0 Å². The molecule has 1 unspecified atom stereocenters. The molecule has 3 aromatic carbocycles. The summed E-state index contributed by atoms with van der Waals surface area (Å²) in [5, 5.41) is 0. The number of hydrogen-bond donors (Lipinski definition) is 0. The van der Waals surface area contributed by atoms with E-state index in [9.17, 15) is 9.59 Å². The Balaban J connectivity index is 2.05. The monoisotopic (exact) mass is 450 g/mol. The van der Waals surface area contributed by atoms with Gasteiger partial charge >= 0.3 is 5.97 Å². The van der Waals surface area contributed by atoms with Gasteiger partial charge in [-0.2, -0.15) is 0 Å². The number of ketones is 1. The van der Waals surface area contributed by atoms with Crippen LogP contribution in [0.15, 0.2) is 66.7 Å². The van der Waals surface area contributed by atoms with E-state index in [0.717, 1.165) is 5.56 Å². The summed E-state index contributed by atoms with van der Waals surface area (Å²) < 4.78 is 26.9. The lowest BCUT2D eigenvalue weighted by molar-refractivity contribution is -0.141. The predicted octanol–water partition coefficient (Wildman–Crippen LogP) is 4.43. The zero-order chi connectivity index (χ0) is 23.8. The smallest absolute Gasteiger partial charge is 0.321 e. The summed E-state index contributed by atoms with van der Waals surface area (Å²) in [6.45, 7) is 0.245. The Bertz CT molecular complexity index is 1110. The molecule has 0 spiro atoms. The van der Waals surface area contributed by atoms with Gasteiger partial charge in [-0.3, -0.25) is 9.59 Å². The highest BCUT2D eigenvalue weighted by Gasteiger charge is 2.35. The Morgan fingerprint density at radius 1 is 0.758 bits per heavy atom. The minimum atomic E-state index is -1.27. The Kier molecular flexibility index (Phi) is 7.91. The summed E-state index contributed by atoms with van der Waals surface area (Å²) in [5.41, 5.74) is 1.52. The number of ether oxygens (including phenoxy) is 5. The molecule has 0 aliphatic rings. The second-order valence-electron chi connectivity index (χ2n) is 7.06. The van der Waals surface area contributed by atoms with Crippen molar-refractivity contribution >= 4 is 11.8 Å². The maximum atomic E-state index is 13.6. The predicted molar refractivity (Wildman–Crippen MR) is 122 cm³/mol. The van der Waals surface area contributed by atoms with Gasteiger partial charge in [-0.25, -0.2) is 0 Å². The van der Waals surface area contributed by atoms with E-state index in [1.165, 1.54) is 28.4 Å². The van der Waals surface area contributed by atoms with Crippen LogP contribution in [-0.4, -0.2) is 40.2 Å². The fourth-order valence-corrected chi connectivity index (χ4v) is 3.39. The molecule has 0 aliphatic carbocycles. The maximum Gasteiger partial charge on any atom is 0.321 e. The molecule has 1 atom stereocenters. The molecule has 0 radical (unpaired) electrons. The molecule has 0 aliphatic heterocycles. The minimum absolute atomic E-state index is 0.221. The van der Waals surface area contributed by atoms with Crippen LogP contribution in [0.1, 0.15) is 27.4 Å². The van der Waals surface area contributed by atoms with E-state index in [2.05, 4.69) is 0 Å². The Morgan fingerprint density at radius 3 is 2.00 bits per heavy atom. The van der Waals surface area contributed by atoms with Crippen LogP contribution in [0.4, 0.5) is 0 Å². The van der Waals surface area contributed by atoms with Gasteiger partial charge in [0.15, 0.2) is 5.78 Å². The third-order valence-electron chi connectivity index (χ3n) is 5.14. The van der Waals surface area contributed by atoms with Crippen LogP contribution < -0.4 is 18.9 Å². The van der Waals surface area contributed by atoms with E-state index in [1.807, 2.05) is 30.3 Å². The molecule has 172 valence electrons. The number of carbonyl (C=O) groups excluding carboxylic acids is 2. The van der Waals surface area contributed by atoms with Gasteiger partial charge in [-0.15, -0.1) is 0 Å². The number of Topliss-reactive ketones (excluding diaryl/α,β-unsaturated/α-hetero) is 1. The first-order valence-electron chi connectivity index (χ1n) is 10.2. The van der Waals surface area contributed by atoms with E-state index in [0.29, 0.717) is 22.8 Å². The lowest BCUT2D eigenvalue weighted by Gasteiger charge is -2.20. The van der Waals surface area contributed by atoms with Gasteiger partial charge in [0, 0.05) is 17.7 Å². The van der Waals surface area contributed by atoms with Gasteiger partial charge in [-0.1, -0.05) is 36.4 Å². The molecule has 33 heavy (non-hydrogen) atoms. The molecule has 3 rings (SSSR count). The molecule has 0 fully saturated rings. The Morgan fingerprint density at radius 2 is 1.39 bits per heavy atom. The summed E-state index contributed by atoms with van der Waals surface area (Å²) in [7, 11) is 5.73. The number of hydrogen-bond acceptors (Lipinski definition) is 7. The topological polar surface area (TPSA) is 80.3 Å². The first-order chi connectivity index (χ1) is 16.0. The van der Waals surface area contributed by atoms with Gasteiger partial charge < -0.3 is 23.7 Å². The normalized spacial score (nSPS) is 11.3. The summed E-state index contributed by atoms with van der Waals surface area (Å²) in [5.74, 6) is -0.796. The Labute approximate surface area is 192 Å². The molecule has 0 amide bonds. The largest absolute Gasteiger partial charge is 0.497 e. The first kappa shape index (κ1) is 23.7. The van der Waals surface area contributed by atoms with Gasteiger partial charge in [-0.05, 0) is 23.8 Å². The lowest BCUT2D eigenvalue weighted by Crippen LogP contribution is -2.24. The fraction of sp³-hybridized carbons (Fsp3) is 0.231. The Hall–Kier alpha value is -4.00.